The summed E-state index contributed by atoms with van der Waals surface area (Å²) >= 11 is 1.22. The van der Waals surface area contributed by atoms with Gasteiger partial charge in [0.15, 0.2) is 0 Å². The number of carbonyl (C=O) groups excluding carboxylic acids is 2. The zero-order valence-electron chi connectivity index (χ0n) is 17.4. The third-order valence-electron chi connectivity index (χ3n) is 4.99. The SMILES string of the molecule is Nc1c(C(=O)c2ccccc2)sc(NCCc2ccccc2)c1C(=O)Nc1ccccc1. The van der Waals surface area contributed by atoms with Crippen LogP contribution in [0.3, 0.4) is 0 Å². The first kappa shape index (κ1) is 21.3. The Morgan fingerprint density at radius 1 is 0.812 bits per heavy atom. The lowest BCUT2D eigenvalue weighted by Crippen LogP contribution is -2.16. The highest BCUT2D eigenvalue weighted by atomic mass is 32.1. The van der Waals surface area contributed by atoms with Crippen molar-refractivity contribution >= 4 is 39.4 Å². The van der Waals surface area contributed by atoms with Crippen LogP contribution < -0.4 is 16.4 Å². The van der Waals surface area contributed by atoms with E-state index in [1.54, 1.807) is 36.4 Å². The number of anilines is 3. The number of nitrogens with two attached hydrogens (primary N) is 1. The lowest BCUT2D eigenvalue weighted by molar-refractivity contribution is 0.102. The first-order valence-electron chi connectivity index (χ1n) is 10.3. The van der Waals surface area contributed by atoms with E-state index in [1.807, 2.05) is 42.5 Å². The van der Waals surface area contributed by atoms with Gasteiger partial charge in [-0.05, 0) is 24.1 Å². The molecule has 0 bridgehead atoms. The van der Waals surface area contributed by atoms with Gasteiger partial charge >= 0.3 is 0 Å². The van der Waals surface area contributed by atoms with Gasteiger partial charge in [-0.25, -0.2) is 0 Å². The van der Waals surface area contributed by atoms with Crippen LogP contribution >= 0.6 is 11.3 Å². The molecule has 6 heteroatoms. The Morgan fingerprint density at radius 2 is 1.41 bits per heavy atom. The fourth-order valence-electron chi connectivity index (χ4n) is 3.36. The molecule has 160 valence electrons. The van der Waals surface area contributed by atoms with Crippen LogP contribution in [0.4, 0.5) is 16.4 Å². The topological polar surface area (TPSA) is 84.2 Å². The summed E-state index contributed by atoms with van der Waals surface area (Å²) in [6.45, 7) is 0.606. The van der Waals surface area contributed by atoms with Gasteiger partial charge in [0.25, 0.3) is 5.91 Å². The van der Waals surface area contributed by atoms with Crippen molar-refractivity contribution in [2.45, 2.75) is 6.42 Å². The van der Waals surface area contributed by atoms with E-state index in [9.17, 15) is 9.59 Å². The summed E-state index contributed by atoms with van der Waals surface area (Å²) in [5.41, 5.74) is 9.24. The first-order valence-corrected chi connectivity index (χ1v) is 11.1. The molecular formula is C26H23N3O2S. The summed E-state index contributed by atoms with van der Waals surface area (Å²) in [5, 5.41) is 6.79. The Labute approximate surface area is 190 Å². The summed E-state index contributed by atoms with van der Waals surface area (Å²) in [7, 11) is 0. The molecule has 4 aromatic rings. The lowest BCUT2D eigenvalue weighted by Gasteiger charge is -2.09. The van der Waals surface area contributed by atoms with Crippen molar-refractivity contribution in [2.24, 2.45) is 0 Å². The van der Waals surface area contributed by atoms with Crippen LogP contribution in [-0.2, 0) is 6.42 Å². The van der Waals surface area contributed by atoms with Crippen LogP contribution in [0.5, 0.6) is 0 Å². The molecule has 4 N–H and O–H groups in total. The van der Waals surface area contributed by atoms with Crippen LogP contribution in [0.15, 0.2) is 91.0 Å². The molecule has 32 heavy (non-hydrogen) atoms. The molecule has 4 rings (SSSR count). The van der Waals surface area contributed by atoms with Crippen LogP contribution in [0.2, 0.25) is 0 Å². The van der Waals surface area contributed by atoms with Gasteiger partial charge in [-0.1, -0.05) is 78.9 Å². The molecule has 3 aromatic carbocycles. The number of benzene rings is 3. The molecule has 0 spiro atoms. The summed E-state index contributed by atoms with van der Waals surface area (Å²) in [6, 6.07) is 28.2. The van der Waals surface area contributed by atoms with Crippen molar-refractivity contribution in [3.8, 4) is 0 Å². The maximum atomic E-state index is 13.1. The van der Waals surface area contributed by atoms with Crippen molar-refractivity contribution in [3.05, 3.63) is 113 Å². The fraction of sp³-hybridized carbons (Fsp3) is 0.0769. The number of rotatable bonds is 8. The van der Waals surface area contributed by atoms with E-state index in [-0.39, 0.29) is 17.4 Å². The maximum absolute atomic E-state index is 13.1. The molecule has 0 saturated heterocycles. The third-order valence-corrected chi connectivity index (χ3v) is 6.15. The number of amides is 1. The minimum Gasteiger partial charge on any atom is -0.397 e. The monoisotopic (exact) mass is 441 g/mol. The highest BCUT2D eigenvalue weighted by molar-refractivity contribution is 7.19. The summed E-state index contributed by atoms with van der Waals surface area (Å²) < 4.78 is 0. The predicted octanol–water partition coefficient (Wildman–Crippen LogP) is 5.47. The first-order chi connectivity index (χ1) is 15.6. The average Bonchev–Trinajstić information content (AvgIpc) is 3.16. The van der Waals surface area contributed by atoms with E-state index < -0.39 is 0 Å². The van der Waals surface area contributed by atoms with E-state index in [0.29, 0.717) is 33.2 Å². The largest absolute Gasteiger partial charge is 0.397 e. The molecule has 0 aliphatic carbocycles. The maximum Gasteiger partial charge on any atom is 0.260 e. The quantitative estimate of drug-likeness (QED) is 0.317. The second-order valence-electron chi connectivity index (χ2n) is 7.23. The molecule has 1 aromatic heterocycles. The number of carbonyl (C=O) groups is 2. The van der Waals surface area contributed by atoms with E-state index in [4.69, 9.17) is 5.73 Å². The highest BCUT2D eigenvalue weighted by Gasteiger charge is 2.26. The van der Waals surface area contributed by atoms with E-state index >= 15 is 0 Å². The van der Waals surface area contributed by atoms with Gasteiger partial charge in [-0.2, -0.15) is 0 Å². The van der Waals surface area contributed by atoms with Crippen molar-refractivity contribution in [1.82, 2.24) is 0 Å². The van der Waals surface area contributed by atoms with Crippen molar-refractivity contribution in [2.75, 3.05) is 22.9 Å². The Morgan fingerprint density at radius 3 is 2.06 bits per heavy atom. The molecule has 0 atom stereocenters. The Kier molecular flexibility index (Phi) is 6.63. The average molecular weight is 442 g/mol. The second-order valence-corrected chi connectivity index (χ2v) is 8.25. The van der Waals surface area contributed by atoms with Crippen LogP contribution in [-0.4, -0.2) is 18.2 Å². The number of hydrogen-bond acceptors (Lipinski definition) is 5. The summed E-state index contributed by atoms with van der Waals surface area (Å²) in [5.74, 6) is -0.544. The highest BCUT2D eigenvalue weighted by Crippen LogP contribution is 2.37. The minimum atomic E-state index is -0.348. The summed E-state index contributed by atoms with van der Waals surface area (Å²) in [6.07, 6.45) is 0.778. The number of nitrogen functional groups attached to an aromatic ring is 1. The smallest absolute Gasteiger partial charge is 0.260 e. The molecule has 5 nitrogen and oxygen atoms in total. The van der Waals surface area contributed by atoms with Gasteiger partial charge in [-0.15, -0.1) is 11.3 Å². The standard InChI is InChI=1S/C26H23N3O2S/c27-22-21(25(31)29-20-14-8-3-9-15-20)26(28-17-16-18-10-4-1-5-11-18)32-24(22)23(30)19-12-6-2-7-13-19/h1-15,28H,16-17,27H2,(H,29,31). The van der Waals surface area contributed by atoms with Crippen LogP contribution in [0.1, 0.15) is 31.2 Å². The molecule has 0 aliphatic rings. The molecule has 1 heterocycles. The molecule has 0 radical (unpaired) electrons. The number of ketones is 1. The summed E-state index contributed by atoms with van der Waals surface area (Å²) in [4.78, 5) is 26.6. The zero-order valence-corrected chi connectivity index (χ0v) is 18.2. The van der Waals surface area contributed by atoms with Crippen LogP contribution in [0, 0.1) is 0 Å². The lowest BCUT2D eigenvalue weighted by atomic mass is 10.1. The van der Waals surface area contributed by atoms with Gasteiger partial charge in [-0.3, -0.25) is 9.59 Å². The molecule has 0 fully saturated rings. The van der Waals surface area contributed by atoms with Gasteiger partial charge in [0, 0.05) is 17.8 Å². The van der Waals surface area contributed by atoms with E-state index in [2.05, 4.69) is 22.8 Å². The van der Waals surface area contributed by atoms with Gasteiger partial charge in [0.2, 0.25) is 5.78 Å². The zero-order chi connectivity index (χ0) is 22.3. The van der Waals surface area contributed by atoms with Crippen molar-refractivity contribution < 1.29 is 9.59 Å². The molecule has 0 unspecified atom stereocenters. The molecule has 0 aliphatic heterocycles. The molecule has 0 saturated carbocycles. The van der Waals surface area contributed by atoms with Gasteiger partial charge in [0.1, 0.15) is 9.88 Å². The number of para-hydroxylation sites is 1. The third kappa shape index (κ3) is 4.87. The fourth-order valence-corrected chi connectivity index (χ4v) is 4.47. The van der Waals surface area contributed by atoms with Crippen molar-refractivity contribution in [1.29, 1.82) is 0 Å². The number of nitrogens with one attached hydrogen (secondary N) is 2. The number of thiophene rings is 1. The molecule has 1 amide bonds. The van der Waals surface area contributed by atoms with E-state index in [1.165, 1.54) is 16.9 Å². The van der Waals surface area contributed by atoms with Crippen LogP contribution in [0.25, 0.3) is 0 Å². The minimum absolute atomic E-state index is 0.194. The molecular weight excluding hydrogens is 418 g/mol. The number of hydrogen-bond donors (Lipinski definition) is 3. The normalized spacial score (nSPS) is 10.5. The van der Waals surface area contributed by atoms with Gasteiger partial charge < -0.3 is 16.4 Å². The van der Waals surface area contributed by atoms with E-state index in [0.717, 1.165) is 6.42 Å². The Hall–Kier alpha value is -3.90. The van der Waals surface area contributed by atoms with Crippen molar-refractivity contribution in [3.63, 3.8) is 0 Å². The Balaban J connectivity index is 1.62. The Bertz CT molecular complexity index is 1210. The predicted molar refractivity (Wildman–Crippen MR) is 132 cm³/mol. The van der Waals surface area contributed by atoms with Gasteiger partial charge in [0.05, 0.1) is 11.3 Å². The second kappa shape index (κ2) is 9.94.